The molecule has 1 atom stereocenters. The van der Waals surface area contributed by atoms with Gasteiger partial charge in [0, 0.05) is 29.5 Å². The molecule has 2 aliphatic heterocycles. The van der Waals surface area contributed by atoms with Crippen molar-refractivity contribution >= 4 is 22.4 Å². The molecular formula is C26H26F2N4O2. The van der Waals surface area contributed by atoms with E-state index in [4.69, 9.17) is 14.7 Å². The number of benzene rings is 1. The number of alkyl halides is 2. The lowest BCUT2D eigenvalue weighted by atomic mass is 9.97. The van der Waals surface area contributed by atoms with E-state index in [0.29, 0.717) is 48.7 Å². The van der Waals surface area contributed by atoms with Crippen LogP contribution in [0, 0.1) is 0 Å². The summed E-state index contributed by atoms with van der Waals surface area (Å²) in [5, 5.41) is 0.657. The Morgan fingerprint density at radius 2 is 2.00 bits per heavy atom. The van der Waals surface area contributed by atoms with Gasteiger partial charge >= 0.3 is 0 Å². The summed E-state index contributed by atoms with van der Waals surface area (Å²) in [4.78, 5) is 24.2. The van der Waals surface area contributed by atoms with Gasteiger partial charge in [0.2, 0.25) is 5.91 Å². The molecule has 2 aromatic heterocycles. The van der Waals surface area contributed by atoms with E-state index in [1.54, 1.807) is 18.0 Å². The van der Waals surface area contributed by atoms with Crippen molar-refractivity contribution in [3.63, 3.8) is 0 Å². The third kappa shape index (κ3) is 3.35. The fraction of sp³-hybridized carbons (Fsp3) is 0.423. The number of nitrogens with zero attached hydrogens (tertiary/aromatic N) is 4. The molecule has 4 heterocycles. The lowest BCUT2D eigenvalue weighted by Crippen LogP contribution is -2.39. The number of pyridine rings is 1. The number of imidazole rings is 1. The van der Waals surface area contributed by atoms with E-state index in [9.17, 15) is 13.6 Å². The molecular weight excluding hydrogens is 438 g/mol. The van der Waals surface area contributed by atoms with Gasteiger partial charge in [-0.05, 0) is 43.9 Å². The molecule has 1 saturated carbocycles. The Kier molecular flexibility index (Phi) is 5.02. The topological polar surface area (TPSA) is 60.3 Å². The van der Waals surface area contributed by atoms with Gasteiger partial charge in [0.25, 0.3) is 6.43 Å². The van der Waals surface area contributed by atoms with Crippen LogP contribution >= 0.6 is 0 Å². The molecule has 1 fully saturated rings. The quantitative estimate of drug-likeness (QED) is 0.529. The Hall–Kier alpha value is -3.13. The number of hydrogen-bond acceptors (Lipinski definition) is 4. The first-order valence-corrected chi connectivity index (χ1v) is 11.8. The van der Waals surface area contributed by atoms with Crippen molar-refractivity contribution in [2.45, 2.75) is 51.1 Å². The van der Waals surface area contributed by atoms with Crippen LogP contribution in [-0.2, 0) is 16.1 Å². The van der Waals surface area contributed by atoms with E-state index >= 15 is 0 Å². The second kappa shape index (κ2) is 7.98. The van der Waals surface area contributed by atoms with Crippen LogP contribution in [0.1, 0.15) is 67.3 Å². The zero-order chi connectivity index (χ0) is 23.6. The third-order valence-corrected chi connectivity index (χ3v) is 7.13. The molecule has 176 valence electrons. The lowest BCUT2D eigenvalue weighted by Gasteiger charge is -2.31. The number of amides is 1. The van der Waals surface area contributed by atoms with E-state index in [-0.39, 0.29) is 17.5 Å². The van der Waals surface area contributed by atoms with Crippen LogP contribution in [0.15, 0.2) is 30.3 Å². The summed E-state index contributed by atoms with van der Waals surface area (Å²) in [6, 6.07) is 6.94. The van der Waals surface area contributed by atoms with E-state index in [1.165, 1.54) is 0 Å². The van der Waals surface area contributed by atoms with Crippen LogP contribution in [0.4, 0.5) is 8.78 Å². The van der Waals surface area contributed by atoms with Crippen LogP contribution in [-0.4, -0.2) is 45.6 Å². The Bertz CT molecular complexity index is 1340. The van der Waals surface area contributed by atoms with Crippen molar-refractivity contribution in [2.24, 2.45) is 0 Å². The highest BCUT2D eigenvalue weighted by atomic mass is 19.3. The molecule has 8 heteroatoms. The number of fused-ring (bicyclic) bond motifs is 2. The average molecular weight is 465 g/mol. The first-order valence-electron chi connectivity index (χ1n) is 11.8. The van der Waals surface area contributed by atoms with Crippen LogP contribution < -0.4 is 0 Å². The Morgan fingerprint density at radius 1 is 1.18 bits per heavy atom. The number of carbonyl (C=O) groups is 1. The first kappa shape index (κ1) is 21.4. The van der Waals surface area contributed by atoms with Crippen molar-refractivity contribution < 1.29 is 18.3 Å². The summed E-state index contributed by atoms with van der Waals surface area (Å²) in [5.74, 6) is 1.34. The molecule has 3 aliphatic rings. The van der Waals surface area contributed by atoms with E-state index in [0.717, 1.165) is 41.2 Å². The molecule has 0 spiro atoms. The van der Waals surface area contributed by atoms with Crippen molar-refractivity contribution in [3.8, 4) is 11.3 Å². The molecule has 0 radical (unpaired) electrons. The van der Waals surface area contributed by atoms with Crippen molar-refractivity contribution in [2.75, 3.05) is 20.3 Å². The fourth-order valence-electron chi connectivity index (χ4n) is 5.23. The van der Waals surface area contributed by atoms with Gasteiger partial charge < -0.3 is 14.2 Å². The maximum absolute atomic E-state index is 14.2. The number of rotatable bonds is 4. The molecule has 6 rings (SSSR count). The van der Waals surface area contributed by atoms with Gasteiger partial charge in [0.05, 0.1) is 42.4 Å². The number of ether oxygens (including phenoxy) is 1. The minimum Gasteiger partial charge on any atom is -0.377 e. The summed E-state index contributed by atoms with van der Waals surface area (Å²) in [6.07, 6.45) is 1.87. The number of hydrogen-bond donors (Lipinski definition) is 0. The monoisotopic (exact) mass is 464 g/mol. The van der Waals surface area contributed by atoms with Crippen LogP contribution in [0.5, 0.6) is 0 Å². The highest BCUT2D eigenvalue weighted by Gasteiger charge is 2.38. The van der Waals surface area contributed by atoms with Crippen molar-refractivity contribution in [1.82, 2.24) is 19.4 Å². The molecule has 0 N–H and O–H groups in total. The summed E-state index contributed by atoms with van der Waals surface area (Å²) in [6.45, 7) is 3.26. The predicted octanol–water partition coefficient (Wildman–Crippen LogP) is 5.25. The second-order valence-electron chi connectivity index (χ2n) is 9.43. The van der Waals surface area contributed by atoms with E-state index in [1.807, 2.05) is 31.2 Å². The van der Waals surface area contributed by atoms with Gasteiger partial charge in [0.1, 0.15) is 11.9 Å². The zero-order valence-electron chi connectivity index (χ0n) is 19.2. The molecule has 34 heavy (non-hydrogen) atoms. The summed E-state index contributed by atoms with van der Waals surface area (Å²) in [5.41, 5.74) is 4.25. The van der Waals surface area contributed by atoms with Crippen LogP contribution in [0.25, 0.3) is 27.7 Å². The molecule has 1 aromatic carbocycles. The molecule has 3 aromatic rings. The first-order chi connectivity index (χ1) is 16.4. The minimum atomic E-state index is -2.65. The smallest absolute Gasteiger partial charge is 0.265 e. The summed E-state index contributed by atoms with van der Waals surface area (Å²) < 4.78 is 35.9. The average Bonchev–Trinajstić information content (AvgIpc) is 3.63. The second-order valence-corrected chi connectivity index (χ2v) is 9.43. The van der Waals surface area contributed by atoms with Gasteiger partial charge in [-0.15, -0.1) is 0 Å². The number of halogens is 2. The molecule has 0 bridgehead atoms. The zero-order valence-corrected chi connectivity index (χ0v) is 19.2. The van der Waals surface area contributed by atoms with Crippen LogP contribution in [0.3, 0.4) is 0 Å². The number of likely N-dealkylation sites (N-methyl/N-ethyl adjacent to an activating group) is 1. The Morgan fingerprint density at radius 3 is 2.71 bits per heavy atom. The standard InChI is InChI=1S/C26H26F2N4O2/c1-14-26(33)31(2)13-21-23(30-25(32(14)21)16-6-7-16)17-4-3-5-20-18(17)12-19(24(27)28)22(29-20)15-8-10-34-11-9-15/h3-5,8,12,14,16,24H,6-7,9-11,13H2,1-2H3/t14-/m1/s1. The van der Waals surface area contributed by atoms with Crippen LogP contribution in [0.2, 0.25) is 0 Å². The molecule has 6 nitrogen and oxygen atoms in total. The molecule has 1 amide bonds. The SMILES string of the molecule is C[C@@H]1C(=O)N(C)Cc2c(-c3cccc4nc(C5=CCOCC5)c(C(F)F)cc34)nc(C3CC3)n21. The van der Waals surface area contributed by atoms with E-state index < -0.39 is 6.43 Å². The van der Waals surface area contributed by atoms with Gasteiger partial charge in [-0.2, -0.15) is 0 Å². The third-order valence-electron chi connectivity index (χ3n) is 7.13. The van der Waals surface area contributed by atoms with E-state index in [2.05, 4.69) is 4.57 Å². The van der Waals surface area contributed by atoms with Crippen molar-refractivity contribution in [1.29, 1.82) is 0 Å². The highest BCUT2D eigenvalue weighted by Crippen LogP contribution is 2.45. The summed E-state index contributed by atoms with van der Waals surface area (Å²) >= 11 is 0. The molecule has 0 saturated heterocycles. The Balaban J connectivity index is 1.57. The number of carbonyl (C=O) groups excluding carboxylic acids is 1. The maximum atomic E-state index is 14.2. The number of aromatic nitrogens is 3. The molecule has 1 aliphatic carbocycles. The summed E-state index contributed by atoms with van der Waals surface area (Å²) in [7, 11) is 1.79. The fourth-order valence-corrected chi connectivity index (χ4v) is 5.23. The van der Waals surface area contributed by atoms with Crippen molar-refractivity contribution in [3.05, 3.63) is 53.1 Å². The van der Waals surface area contributed by atoms with Gasteiger partial charge in [-0.25, -0.2) is 18.7 Å². The maximum Gasteiger partial charge on any atom is 0.265 e. The largest absolute Gasteiger partial charge is 0.377 e. The molecule has 0 unspecified atom stereocenters. The lowest BCUT2D eigenvalue weighted by molar-refractivity contribution is -0.135. The minimum absolute atomic E-state index is 0.0623. The van der Waals surface area contributed by atoms with Gasteiger partial charge in [0.15, 0.2) is 0 Å². The van der Waals surface area contributed by atoms with Gasteiger partial charge in [-0.3, -0.25) is 4.79 Å². The highest BCUT2D eigenvalue weighted by molar-refractivity contribution is 5.96. The van der Waals surface area contributed by atoms with Gasteiger partial charge in [-0.1, -0.05) is 18.2 Å². The normalized spacial score (nSPS) is 20.7. The predicted molar refractivity (Wildman–Crippen MR) is 124 cm³/mol. The Labute approximate surface area is 196 Å².